The van der Waals surface area contributed by atoms with Gasteiger partial charge in [-0.15, -0.1) is 0 Å². The minimum absolute atomic E-state index is 0.0716. The van der Waals surface area contributed by atoms with Crippen molar-refractivity contribution < 1.29 is 9.18 Å². The Morgan fingerprint density at radius 2 is 1.89 bits per heavy atom. The van der Waals surface area contributed by atoms with Crippen LogP contribution in [-0.2, 0) is 0 Å². The van der Waals surface area contributed by atoms with Crippen LogP contribution in [0.2, 0.25) is 5.02 Å². The summed E-state index contributed by atoms with van der Waals surface area (Å²) < 4.78 is 13.0. The average Bonchev–Trinajstić information content (AvgIpc) is 2.41. The second kappa shape index (κ2) is 5.51. The molecule has 0 aromatic heterocycles. The first-order valence-corrected chi connectivity index (χ1v) is 5.74. The molecule has 0 fully saturated rings. The number of carbonyl (C=O) groups excluding carboxylic acids is 1. The Morgan fingerprint density at radius 3 is 2.53 bits per heavy atom. The second-order valence-corrected chi connectivity index (χ2v) is 4.20. The summed E-state index contributed by atoms with van der Waals surface area (Å²) in [4.78, 5) is 11.9. The number of carbonyl (C=O) groups is 1. The van der Waals surface area contributed by atoms with Gasteiger partial charge in [0.25, 0.3) is 5.91 Å². The molecular formula is C14H8ClFN2O. The van der Waals surface area contributed by atoms with Crippen LogP contribution in [0.3, 0.4) is 0 Å². The highest BCUT2D eigenvalue weighted by atomic mass is 35.5. The first-order valence-electron chi connectivity index (χ1n) is 5.37. The smallest absolute Gasteiger partial charge is 0.255 e. The fraction of sp³-hybridized carbons (Fsp3) is 0. The average molecular weight is 275 g/mol. The van der Waals surface area contributed by atoms with Gasteiger partial charge in [-0.2, -0.15) is 5.26 Å². The standard InChI is InChI=1S/C14H8ClFN2O/c15-11-3-1-9(2-4-11)14(19)18-13-6-5-12(16)7-10(13)8-17/h1-7H,(H,18,19). The van der Waals surface area contributed by atoms with Crippen LogP contribution in [0.5, 0.6) is 0 Å². The van der Waals surface area contributed by atoms with Gasteiger partial charge in [0, 0.05) is 10.6 Å². The van der Waals surface area contributed by atoms with Gasteiger partial charge in [0.2, 0.25) is 0 Å². The Hall–Kier alpha value is -2.38. The van der Waals surface area contributed by atoms with E-state index in [-0.39, 0.29) is 17.2 Å². The van der Waals surface area contributed by atoms with Crippen molar-refractivity contribution >= 4 is 23.2 Å². The predicted octanol–water partition coefficient (Wildman–Crippen LogP) is 3.60. The molecule has 1 amide bonds. The van der Waals surface area contributed by atoms with Crippen molar-refractivity contribution in [2.45, 2.75) is 0 Å². The van der Waals surface area contributed by atoms with E-state index in [1.54, 1.807) is 24.3 Å². The lowest BCUT2D eigenvalue weighted by Crippen LogP contribution is -2.12. The van der Waals surface area contributed by atoms with E-state index < -0.39 is 5.82 Å². The minimum atomic E-state index is -0.527. The lowest BCUT2D eigenvalue weighted by atomic mass is 10.1. The third kappa shape index (κ3) is 3.09. The minimum Gasteiger partial charge on any atom is -0.321 e. The molecule has 0 unspecified atom stereocenters. The number of rotatable bonds is 2. The lowest BCUT2D eigenvalue weighted by Gasteiger charge is -2.07. The molecule has 1 N–H and O–H groups in total. The summed E-state index contributed by atoms with van der Waals surface area (Å²) in [6.07, 6.45) is 0. The molecule has 0 radical (unpaired) electrons. The predicted molar refractivity (Wildman–Crippen MR) is 70.5 cm³/mol. The number of nitrogens with one attached hydrogen (secondary N) is 1. The summed E-state index contributed by atoms with van der Waals surface area (Å²) in [6.45, 7) is 0. The van der Waals surface area contributed by atoms with E-state index in [1.807, 2.05) is 6.07 Å². The van der Waals surface area contributed by atoms with Gasteiger partial charge in [-0.1, -0.05) is 11.6 Å². The van der Waals surface area contributed by atoms with Gasteiger partial charge in [-0.05, 0) is 42.5 Å². The molecule has 0 bridgehead atoms. The van der Waals surface area contributed by atoms with Gasteiger partial charge in [-0.25, -0.2) is 4.39 Å². The van der Waals surface area contributed by atoms with Crippen LogP contribution in [0.1, 0.15) is 15.9 Å². The Morgan fingerprint density at radius 1 is 1.21 bits per heavy atom. The zero-order chi connectivity index (χ0) is 13.8. The van der Waals surface area contributed by atoms with E-state index in [0.717, 1.165) is 6.07 Å². The molecule has 3 nitrogen and oxygen atoms in total. The summed E-state index contributed by atoms with van der Waals surface area (Å²) >= 11 is 5.73. The highest BCUT2D eigenvalue weighted by Gasteiger charge is 2.09. The molecule has 0 heterocycles. The summed E-state index contributed by atoms with van der Waals surface area (Å²) in [6, 6.07) is 11.7. The number of nitriles is 1. The van der Waals surface area contributed by atoms with Crippen molar-refractivity contribution in [3.8, 4) is 6.07 Å². The molecule has 0 aliphatic rings. The number of benzene rings is 2. The van der Waals surface area contributed by atoms with Crippen LogP contribution in [0, 0.1) is 17.1 Å². The molecule has 5 heteroatoms. The molecule has 94 valence electrons. The van der Waals surface area contributed by atoms with Crippen LogP contribution in [-0.4, -0.2) is 5.91 Å². The zero-order valence-corrected chi connectivity index (χ0v) is 10.4. The van der Waals surface area contributed by atoms with Crippen LogP contribution in [0.15, 0.2) is 42.5 Å². The van der Waals surface area contributed by atoms with Crippen LogP contribution in [0.4, 0.5) is 10.1 Å². The molecule has 19 heavy (non-hydrogen) atoms. The fourth-order valence-electron chi connectivity index (χ4n) is 1.51. The second-order valence-electron chi connectivity index (χ2n) is 3.76. The highest BCUT2D eigenvalue weighted by molar-refractivity contribution is 6.30. The fourth-order valence-corrected chi connectivity index (χ4v) is 1.64. The SMILES string of the molecule is N#Cc1cc(F)ccc1NC(=O)c1ccc(Cl)cc1. The Bertz CT molecular complexity index is 662. The van der Waals surface area contributed by atoms with Crippen LogP contribution < -0.4 is 5.32 Å². The number of nitrogens with zero attached hydrogens (tertiary/aromatic N) is 1. The maximum absolute atomic E-state index is 13.0. The lowest BCUT2D eigenvalue weighted by molar-refractivity contribution is 0.102. The van der Waals surface area contributed by atoms with Crippen molar-refractivity contribution in [2.75, 3.05) is 5.32 Å². The number of amides is 1. The van der Waals surface area contributed by atoms with Crippen molar-refractivity contribution in [1.29, 1.82) is 5.26 Å². The third-order valence-electron chi connectivity index (χ3n) is 2.46. The molecule has 0 saturated carbocycles. The summed E-state index contributed by atoms with van der Waals surface area (Å²) in [5.74, 6) is -0.916. The van der Waals surface area contributed by atoms with Crippen molar-refractivity contribution in [3.05, 3.63) is 64.4 Å². The molecule has 2 aromatic rings. The van der Waals surface area contributed by atoms with E-state index in [2.05, 4.69) is 5.32 Å². The van der Waals surface area contributed by atoms with Gasteiger partial charge in [0.15, 0.2) is 0 Å². The monoisotopic (exact) mass is 274 g/mol. The van der Waals surface area contributed by atoms with Gasteiger partial charge in [0.1, 0.15) is 11.9 Å². The van der Waals surface area contributed by atoms with Gasteiger partial charge in [0.05, 0.1) is 11.3 Å². The van der Waals surface area contributed by atoms with E-state index in [4.69, 9.17) is 16.9 Å². The van der Waals surface area contributed by atoms with E-state index >= 15 is 0 Å². The molecule has 2 aromatic carbocycles. The molecule has 0 atom stereocenters. The van der Waals surface area contributed by atoms with Gasteiger partial charge >= 0.3 is 0 Å². The Balaban J connectivity index is 2.24. The van der Waals surface area contributed by atoms with Gasteiger partial charge in [-0.3, -0.25) is 4.79 Å². The first kappa shape index (κ1) is 13.1. The molecule has 0 aliphatic heterocycles. The Labute approximate surface area is 114 Å². The highest BCUT2D eigenvalue weighted by Crippen LogP contribution is 2.17. The molecule has 0 saturated heterocycles. The summed E-state index contributed by atoms with van der Waals surface area (Å²) in [5, 5.41) is 12.0. The molecule has 0 aliphatic carbocycles. The van der Waals surface area contributed by atoms with Crippen LogP contribution in [0.25, 0.3) is 0 Å². The van der Waals surface area contributed by atoms with Crippen LogP contribution >= 0.6 is 11.6 Å². The van der Waals surface area contributed by atoms with Crippen molar-refractivity contribution in [2.24, 2.45) is 0 Å². The maximum atomic E-state index is 13.0. The van der Waals surface area contributed by atoms with Crippen molar-refractivity contribution in [3.63, 3.8) is 0 Å². The molecular weight excluding hydrogens is 267 g/mol. The summed E-state index contributed by atoms with van der Waals surface area (Å²) in [7, 11) is 0. The van der Waals surface area contributed by atoms with E-state index in [1.165, 1.54) is 12.1 Å². The number of halogens is 2. The van der Waals surface area contributed by atoms with E-state index in [9.17, 15) is 9.18 Å². The number of hydrogen-bond acceptors (Lipinski definition) is 2. The van der Waals surface area contributed by atoms with E-state index in [0.29, 0.717) is 10.6 Å². The largest absolute Gasteiger partial charge is 0.321 e. The topological polar surface area (TPSA) is 52.9 Å². The summed E-state index contributed by atoms with van der Waals surface area (Å²) in [5.41, 5.74) is 0.740. The molecule has 2 rings (SSSR count). The number of anilines is 1. The van der Waals surface area contributed by atoms with Crippen molar-refractivity contribution in [1.82, 2.24) is 0 Å². The zero-order valence-electron chi connectivity index (χ0n) is 9.65. The third-order valence-corrected chi connectivity index (χ3v) is 2.71. The van der Waals surface area contributed by atoms with Gasteiger partial charge < -0.3 is 5.32 Å². The quantitative estimate of drug-likeness (QED) is 0.909. The molecule has 0 spiro atoms. The number of hydrogen-bond donors (Lipinski definition) is 1. The normalized spacial score (nSPS) is 9.74. The maximum Gasteiger partial charge on any atom is 0.255 e. The Kier molecular flexibility index (Phi) is 3.79. The first-order chi connectivity index (χ1) is 9.10.